The van der Waals surface area contributed by atoms with Crippen LogP contribution in [0, 0.1) is 6.92 Å². The number of carbonyl (C=O) groups excluding carboxylic acids is 1. The number of rotatable bonds is 3. The molecule has 1 N–H and O–H groups in total. The van der Waals surface area contributed by atoms with Crippen molar-refractivity contribution >= 4 is 11.7 Å². The number of nitrogens with zero attached hydrogens (tertiary/aromatic N) is 2. The lowest BCUT2D eigenvalue weighted by atomic mass is 10.1. The molecule has 1 fully saturated rings. The molecule has 1 aromatic carbocycles. The number of anilines is 1. The smallest absolute Gasteiger partial charge is 0.322 e. The van der Waals surface area contributed by atoms with Crippen LogP contribution in [-0.4, -0.2) is 41.7 Å². The first-order valence-corrected chi connectivity index (χ1v) is 7.85. The number of hydrogen-bond donors (Lipinski definition) is 1. The van der Waals surface area contributed by atoms with Crippen LogP contribution in [0.5, 0.6) is 0 Å². The number of ether oxygens (including phenoxy) is 1. The van der Waals surface area contributed by atoms with Gasteiger partial charge in [-0.1, -0.05) is 30.3 Å². The maximum absolute atomic E-state index is 12.4. The predicted molar refractivity (Wildman–Crippen MR) is 89.5 cm³/mol. The second kappa shape index (κ2) is 7.24. The van der Waals surface area contributed by atoms with E-state index >= 15 is 0 Å². The summed E-state index contributed by atoms with van der Waals surface area (Å²) < 4.78 is 5.80. The number of amides is 2. The molecule has 0 aliphatic carbocycles. The molecule has 0 spiro atoms. The lowest BCUT2D eigenvalue weighted by Gasteiger charge is -2.33. The summed E-state index contributed by atoms with van der Waals surface area (Å²) in [5, 5.41) is 2.93. The summed E-state index contributed by atoms with van der Waals surface area (Å²) in [6.07, 6.45) is 2.55. The predicted octanol–water partition coefficient (Wildman–Crippen LogP) is 2.87. The van der Waals surface area contributed by atoms with E-state index < -0.39 is 0 Å². The van der Waals surface area contributed by atoms with E-state index in [1.54, 1.807) is 12.3 Å². The summed E-state index contributed by atoms with van der Waals surface area (Å²) in [6.45, 7) is 3.69. The minimum atomic E-state index is -0.0861. The van der Waals surface area contributed by atoms with Gasteiger partial charge in [-0.15, -0.1) is 0 Å². The van der Waals surface area contributed by atoms with Gasteiger partial charge in [-0.2, -0.15) is 0 Å². The topological polar surface area (TPSA) is 54.5 Å². The Labute approximate surface area is 136 Å². The van der Waals surface area contributed by atoms with Gasteiger partial charge >= 0.3 is 6.03 Å². The molecule has 1 saturated heterocycles. The van der Waals surface area contributed by atoms with Gasteiger partial charge in [0.1, 0.15) is 0 Å². The molecule has 1 aliphatic heterocycles. The second-order valence-electron chi connectivity index (χ2n) is 5.74. The number of aromatic nitrogens is 1. The van der Waals surface area contributed by atoms with E-state index in [0.717, 1.165) is 17.8 Å². The van der Waals surface area contributed by atoms with Crippen LogP contribution >= 0.6 is 0 Å². The van der Waals surface area contributed by atoms with E-state index in [-0.39, 0.29) is 12.1 Å². The fourth-order valence-corrected chi connectivity index (χ4v) is 2.73. The molecule has 5 nitrogen and oxygen atoms in total. The van der Waals surface area contributed by atoms with Crippen molar-refractivity contribution in [1.29, 1.82) is 0 Å². The Morgan fingerprint density at radius 2 is 2.17 bits per heavy atom. The first-order chi connectivity index (χ1) is 11.2. The maximum Gasteiger partial charge on any atom is 0.322 e. The van der Waals surface area contributed by atoms with Gasteiger partial charge in [-0.3, -0.25) is 4.98 Å². The highest BCUT2D eigenvalue weighted by Crippen LogP contribution is 2.14. The second-order valence-corrected chi connectivity index (χ2v) is 5.74. The molecule has 5 heteroatoms. The largest absolute Gasteiger partial charge is 0.374 e. The molecule has 2 heterocycles. The van der Waals surface area contributed by atoms with E-state index in [0.29, 0.717) is 19.7 Å². The fourth-order valence-electron chi connectivity index (χ4n) is 2.73. The number of pyridine rings is 1. The minimum absolute atomic E-state index is 0.0380. The summed E-state index contributed by atoms with van der Waals surface area (Å²) in [5.41, 5.74) is 2.88. The van der Waals surface area contributed by atoms with Gasteiger partial charge < -0.3 is 15.0 Å². The number of aryl methyl sites for hydroxylation is 1. The molecule has 2 amide bonds. The van der Waals surface area contributed by atoms with Gasteiger partial charge in [-0.05, 0) is 24.6 Å². The van der Waals surface area contributed by atoms with E-state index in [9.17, 15) is 4.79 Å². The Kier molecular flexibility index (Phi) is 4.88. The Hall–Kier alpha value is -2.40. The number of carbonyl (C=O) groups is 1. The first kappa shape index (κ1) is 15.5. The van der Waals surface area contributed by atoms with Crippen molar-refractivity contribution in [2.24, 2.45) is 0 Å². The lowest BCUT2D eigenvalue weighted by molar-refractivity contribution is -0.0113. The first-order valence-electron chi connectivity index (χ1n) is 7.85. The van der Waals surface area contributed by atoms with Crippen LogP contribution < -0.4 is 5.32 Å². The monoisotopic (exact) mass is 311 g/mol. The molecule has 1 atom stereocenters. The normalized spacial score (nSPS) is 17.8. The molecule has 1 unspecified atom stereocenters. The highest BCUT2D eigenvalue weighted by molar-refractivity contribution is 5.89. The third kappa shape index (κ3) is 4.29. The zero-order valence-electron chi connectivity index (χ0n) is 13.2. The third-order valence-electron chi connectivity index (χ3n) is 3.88. The highest BCUT2D eigenvalue weighted by atomic mass is 16.5. The zero-order valence-corrected chi connectivity index (χ0v) is 13.2. The summed E-state index contributed by atoms with van der Waals surface area (Å²) in [7, 11) is 0. The molecule has 120 valence electrons. The minimum Gasteiger partial charge on any atom is -0.374 e. The van der Waals surface area contributed by atoms with Crippen LogP contribution in [0.4, 0.5) is 10.5 Å². The van der Waals surface area contributed by atoms with Crippen molar-refractivity contribution in [3.05, 3.63) is 59.9 Å². The number of nitrogens with one attached hydrogen (secondary N) is 1. The van der Waals surface area contributed by atoms with Crippen molar-refractivity contribution in [3.8, 4) is 0 Å². The quantitative estimate of drug-likeness (QED) is 0.948. The summed E-state index contributed by atoms with van der Waals surface area (Å²) in [5.74, 6) is 0. The molecule has 0 radical (unpaired) electrons. The maximum atomic E-state index is 12.4. The van der Waals surface area contributed by atoms with E-state index in [1.165, 1.54) is 5.56 Å². The number of urea groups is 1. The van der Waals surface area contributed by atoms with E-state index in [4.69, 9.17) is 4.74 Å². The van der Waals surface area contributed by atoms with E-state index in [2.05, 4.69) is 22.4 Å². The van der Waals surface area contributed by atoms with Gasteiger partial charge in [0.25, 0.3) is 0 Å². The Morgan fingerprint density at radius 3 is 2.96 bits per heavy atom. The SMILES string of the molecule is Cc1cc(NC(=O)N2CCOC(Cc3ccccc3)C2)ccn1. The van der Waals surface area contributed by atoms with Crippen molar-refractivity contribution < 1.29 is 9.53 Å². The Bertz CT molecular complexity index is 660. The van der Waals surface area contributed by atoms with Crippen molar-refractivity contribution in [1.82, 2.24) is 9.88 Å². The third-order valence-corrected chi connectivity index (χ3v) is 3.88. The van der Waals surface area contributed by atoms with Gasteiger partial charge in [0, 0.05) is 37.1 Å². The Morgan fingerprint density at radius 1 is 1.35 bits per heavy atom. The molecule has 1 aliphatic rings. The standard InChI is InChI=1S/C18H21N3O2/c1-14-11-16(7-8-19-14)20-18(22)21-9-10-23-17(13-21)12-15-5-3-2-4-6-15/h2-8,11,17H,9-10,12-13H2,1H3,(H,19,20,22). The van der Waals surface area contributed by atoms with Crippen LogP contribution in [0.15, 0.2) is 48.7 Å². The lowest BCUT2D eigenvalue weighted by Crippen LogP contribution is -2.48. The molecule has 0 bridgehead atoms. The molecule has 2 aromatic rings. The van der Waals surface area contributed by atoms with Gasteiger partial charge in [0.05, 0.1) is 12.7 Å². The number of hydrogen-bond acceptors (Lipinski definition) is 3. The number of benzene rings is 1. The van der Waals surface area contributed by atoms with Crippen LogP contribution in [0.1, 0.15) is 11.3 Å². The molecule has 23 heavy (non-hydrogen) atoms. The van der Waals surface area contributed by atoms with Crippen LogP contribution in [0.2, 0.25) is 0 Å². The van der Waals surface area contributed by atoms with Crippen LogP contribution in [0.25, 0.3) is 0 Å². The summed E-state index contributed by atoms with van der Waals surface area (Å²) in [6, 6.07) is 13.8. The molecular formula is C18H21N3O2. The Balaban J connectivity index is 1.58. The zero-order chi connectivity index (χ0) is 16.1. The van der Waals surface area contributed by atoms with Gasteiger partial charge in [0.2, 0.25) is 0 Å². The van der Waals surface area contributed by atoms with E-state index in [1.807, 2.05) is 36.1 Å². The average molecular weight is 311 g/mol. The van der Waals surface area contributed by atoms with Gasteiger partial charge in [0.15, 0.2) is 0 Å². The summed E-state index contributed by atoms with van der Waals surface area (Å²) >= 11 is 0. The van der Waals surface area contributed by atoms with Gasteiger partial charge in [-0.25, -0.2) is 4.79 Å². The molecule has 3 rings (SSSR count). The van der Waals surface area contributed by atoms with Crippen molar-refractivity contribution in [2.75, 3.05) is 25.0 Å². The van der Waals surface area contributed by atoms with Crippen molar-refractivity contribution in [2.45, 2.75) is 19.4 Å². The summed E-state index contributed by atoms with van der Waals surface area (Å²) in [4.78, 5) is 18.4. The molecular weight excluding hydrogens is 290 g/mol. The average Bonchev–Trinajstić information content (AvgIpc) is 2.56. The molecule has 1 aromatic heterocycles. The highest BCUT2D eigenvalue weighted by Gasteiger charge is 2.24. The van der Waals surface area contributed by atoms with Crippen LogP contribution in [0.3, 0.4) is 0 Å². The number of morpholine rings is 1. The fraction of sp³-hybridized carbons (Fsp3) is 0.333. The molecule has 0 saturated carbocycles. The van der Waals surface area contributed by atoms with Crippen molar-refractivity contribution in [3.63, 3.8) is 0 Å². The van der Waals surface area contributed by atoms with Crippen LogP contribution in [-0.2, 0) is 11.2 Å².